The maximum Gasteiger partial charge on any atom is 0.162 e. The minimum Gasteiger partial charge on any atom is -0.294 e. The van der Waals surface area contributed by atoms with E-state index in [2.05, 4.69) is 38.1 Å². The van der Waals surface area contributed by atoms with Crippen molar-refractivity contribution in [3.8, 4) is 10.4 Å². The van der Waals surface area contributed by atoms with Crippen molar-refractivity contribution in [2.45, 2.75) is 104 Å². The lowest BCUT2D eigenvalue weighted by molar-refractivity contribution is 0.0979. The van der Waals surface area contributed by atoms with Crippen LogP contribution in [0.4, 0.5) is 0 Å². The minimum absolute atomic E-state index is 0.286. The topological polar surface area (TPSA) is 17.1 Å². The van der Waals surface area contributed by atoms with E-state index in [4.69, 9.17) is 0 Å². The van der Waals surface area contributed by atoms with Crippen molar-refractivity contribution in [3.05, 3.63) is 46.8 Å². The van der Waals surface area contributed by atoms with E-state index in [-0.39, 0.29) is 5.78 Å². The highest BCUT2D eigenvalue weighted by Crippen LogP contribution is 2.29. The van der Waals surface area contributed by atoms with Gasteiger partial charge in [0, 0.05) is 21.7 Å². The van der Waals surface area contributed by atoms with Gasteiger partial charge >= 0.3 is 0 Å². The highest BCUT2D eigenvalue weighted by atomic mass is 32.1. The number of Topliss-reactive ketones (excluding diaryl/α,β-unsaturated/α-hetero) is 1. The quantitative estimate of drug-likeness (QED) is 0.198. The van der Waals surface area contributed by atoms with Gasteiger partial charge in [-0.25, -0.2) is 0 Å². The molecule has 0 N–H and O–H groups in total. The summed E-state index contributed by atoms with van der Waals surface area (Å²) in [4.78, 5) is 15.1. The Bertz CT molecular complexity index is 683. The molecule has 0 unspecified atom stereocenters. The van der Waals surface area contributed by atoms with Crippen LogP contribution < -0.4 is 0 Å². The number of hydrogen-bond donors (Lipinski definition) is 0. The summed E-state index contributed by atoms with van der Waals surface area (Å²) in [7, 11) is 0. The van der Waals surface area contributed by atoms with Crippen LogP contribution in [0.15, 0.2) is 36.4 Å². The first kappa shape index (κ1) is 23.9. The maximum atomic E-state index is 12.3. The lowest BCUT2D eigenvalue weighted by atomic mass is 10.0. The van der Waals surface area contributed by atoms with E-state index in [1.54, 1.807) is 0 Å². The predicted octanol–water partition coefficient (Wildman–Crippen LogP) is 9.25. The summed E-state index contributed by atoms with van der Waals surface area (Å²) < 4.78 is 0. The van der Waals surface area contributed by atoms with Crippen molar-refractivity contribution in [3.63, 3.8) is 0 Å². The van der Waals surface area contributed by atoms with Gasteiger partial charge in [0.15, 0.2) is 5.78 Å². The monoisotopic (exact) mass is 412 g/mol. The fourth-order valence-electron chi connectivity index (χ4n) is 3.78. The Morgan fingerprint density at radius 1 is 0.690 bits per heavy atom. The zero-order valence-electron chi connectivity index (χ0n) is 18.7. The number of carbonyl (C=O) groups excluding carboxylic acids is 1. The van der Waals surface area contributed by atoms with Gasteiger partial charge in [0.05, 0.1) is 0 Å². The summed E-state index contributed by atoms with van der Waals surface area (Å²) in [6.45, 7) is 4.48. The molecule has 0 amide bonds. The van der Waals surface area contributed by atoms with Crippen molar-refractivity contribution in [2.24, 2.45) is 0 Å². The molecule has 160 valence electrons. The molecule has 2 rings (SSSR count). The molecule has 0 fully saturated rings. The largest absolute Gasteiger partial charge is 0.294 e. The number of unbranched alkanes of at least 4 members (excludes halogenated alkanes) is 10. The Morgan fingerprint density at radius 2 is 1.28 bits per heavy atom. The van der Waals surface area contributed by atoms with Crippen LogP contribution in [0.3, 0.4) is 0 Å². The fraction of sp³-hybridized carbons (Fsp3) is 0.593. The number of thiophene rings is 1. The smallest absolute Gasteiger partial charge is 0.162 e. The number of benzene rings is 1. The van der Waals surface area contributed by atoms with Crippen LogP contribution in [0, 0.1) is 0 Å². The molecule has 2 aromatic rings. The number of ketones is 1. The highest BCUT2D eigenvalue weighted by molar-refractivity contribution is 7.15. The number of hydrogen-bond acceptors (Lipinski definition) is 2. The molecule has 0 bridgehead atoms. The van der Waals surface area contributed by atoms with Gasteiger partial charge in [-0.2, -0.15) is 0 Å². The van der Waals surface area contributed by atoms with Gasteiger partial charge in [-0.1, -0.05) is 102 Å². The molecule has 0 aliphatic heterocycles. The molecule has 0 saturated carbocycles. The van der Waals surface area contributed by atoms with E-state index >= 15 is 0 Å². The molecule has 29 heavy (non-hydrogen) atoms. The summed E-state index contributed by atoms with van der Waals surface area (Å²) in [6, 6.07) is 12.8. The molecule has 1 aromatic carbocycles. The Hall–Kier alpha value is -1.41. The van der Waals surface area contributed by atoms with Crippen molar-refractivity contribution in [2.75, 3.05) is 0 Å². The zero-order chi connectivity index (χ0) is 20.7. The first-order valence-electron chi connectivity index (χ1n) is 12.0. The van der Waals surface area contributed by atoms with Crippen LogP contribution in [0.5, 0.6) is 0 Å². The third kappa shape index (κ3) is 9.30. The van der Waals surface area contributed by atoms with Gasteiger partial charge in [0.1, 0.15) is 0 Å². The molecule has 0 radical (unpaired) electrons. The zero-order valence-corrected chi connectivity index (χ0v) is 19.5. The molecule has 0 spiro atoms. The Labute approximate surface area is 182 Å². The number of aryl methyl sites for hydroxylation is 1. The lowest BCUT2D eigenvalue weighted by Gasteiger charge is -2.03. The fourth-order valence-corrected chi connectivity index (χ4v) is 4.83. The number of rotatable bonds is 16. The normalized spacial score (nSPS) is 11.1. The molecule has 0 atom stereocenters. The van der Waals surface area contributed by atoms with Crippen LogP contribution in [0.2, 0.25) is 0 Å². The summed E-state index contributed by atoms with van der Waals surface area (Å²) in [5, 5.41) is 0. The van der Waals surface area contributed by atoms with Crippen molar-refractivity contribution in [1.29, 1.82) is 0 Å². The Kier molecular flexibility index (Phi) is 12.0. The van der Waals surface area contributed by atoms with Crippen molar-refractivity contribution in [1.82, 2.24) is 0 Å². The van der Waals surface area contributed by atoms with Gasteiger partial charge in [0.2, 0.25) is 0 Å². The first-order chi connectivity index (χ1) is 14.2. The molecule has 0 aliphatic carbocycles. The molecule has 0 saturated heterocycles. The van der Waals surface area contributed by atoms with E-state index in [1.807, 2.05) is 23.5 Å². The van der Waals surface area contributed by atoms with Gasteiger partial charge < -0.3 is 0 Å². The SMILES string of the molecule is CCCCCCCCCCc1ccc(-c2ccc(C(=O)CCCCCC)cc2)s1. The number of carbonyl (C=O) groups is 1. The van der Waals surface area contributed by atoms with Gasteiger partial charge in [-0.3, -0.25) is 4.79 Å². The lowest BCUT2D eigenvalue weighted by Crippen LogP contribution is -1.98. The molecular formula is C27H40OS. The minimum atomic E-state index is 0.286. The average Bonchev–Trinajstić information content (AvgIpc) is 3.22. The molecule has 0 aliphatic rings. The van der Waals surface area contributed by atoms with E-state index in [1.165, 1.54) is 85.9 Å². The van der Waals surface area contributed by atoms with Crippen molar-refractivity contribution >= 4 is 17.1 Å². The predicted molar refractivity (Wildman–Crippen MR) is 129 cm³/mol. The summed E-state index contributed by atoms with van der Waals surface area (Å²) in [5.41, 5.74) is 2.10. The molecule has 1 aromatic heterocycles. The second kappa shape index (κ2) is 14.6. The Balaban J connectivity index is 1.72. The van der Waals surface area contributed by atoms with E-state index in [9.17, 15) is 4.79 Å². The second-order valence-corrected chi connectivity index (χ2v) is 9.47. The average molecular weight is 413 g/mol. The third-order valence-electron chi connectivity index (χ3n) is 5.69. The van der Waals surface area contributed by atoms with Crippen LogP contribution in [0.1, 0.15) is 113 Å². The maximum absolute atomic E-state index is 12.3. The third-order valence-corrected chi connectivity index (χ3v) is 6.88. The standard InChI is InChI=1S/C27H40OS/c1-3-5-7-9-10-11-12-13-15-25-21-22-27(29-25)24-19-17-23(18-20-24)26(28)16-14-8-6-4-2/h17-22H,3-16H2,1-2H3. The molecular weight excluding hydrogens is 372 g/mol. The highest BCUT2D eigenvalue weighted by Gasteiger charge is 2.08. The van der Waals surface area contributed by atoms with Crippen LogP contribution >= 0.6 is 11.3 Å². The summed E-state index contributed by atoms with van der Waals surface area (Å²) >= 11 is 1.91. The van der Waals surface area contributed by atoms with Crippen molar-refractivity contribution < 1.29 is 4.79 Å². The Morgan fingerprint density at radius 3 is 1.93 bits per heavy atom. The van der Waals surface area contributed by atoms with Gasteiger partial charge in [-0.05, 0) is 37.0 Å². The van der Waals surface area contributed by atoms with Gasteiger partial charge in [-0.15, -0.1) is 11.3 Å². The van der Waals surface area contributed by atoms with Crippen LogP contribution in [0.25, 0.3) is 10.4 Å². The van der Waals surface area contributed by atoms with E-state index in [0.717, 1.165) is 18.4 Å². The summed E-state index contributed by atoms with van der Waals surface area (Å²) in [5.74, 6) is 0.286. The molecule has 1 nitrogen and oxygen atoms in total. The van der Waals surface area contributed by atoms with Gasteiger partial charge in [0.25, 0.3) is 0 Å². The summed E-state index contributed by atoms with van der Waals surface area (Å²) in [6.07, 6.45) is 17.5. The first-order valence-corrected chi connectivity index (χ1v) is 12.8. The van der Waals surface area contributed by atoms with Crippen LogP contribution in [-0.4, -0.2) is 5.78 Å². The molecule has 2 heteroatoms. The van der Waals surface area contributed by atoms with Crippen LogP contribution in [-0.2, 0) is 6.42 Å². The van der Waals surface area contributed by atoms with E-state index in [0.29, 0.717) is 6.42 Å². The second-order valence-electron chi connectivity index (χ2n) is 8.30. The molecule has 1 heterocycles. The van der Waals surface area contributed by atoms with E-state index < -0.39 is 0 Å².